The highest BCUT2D eigenvalue weighted by Crippen LogP contribution is 2.26. The zero-order valence-electron chi connectivity index (χ0n) is 6.27. The maximum absolute atomic E-state index is 12.9. The average Bonchev–Trinajstić information content (AvgIpc) is 2.39. The van der Waals surface area contributed by atoms with Crippen molar-refractivity contribution in [1.82, 2.24) is 4.98 Å². The molecule has 2 aromatic rings. The molecule has 0 saturated heterocycles. The molecule has 0 saturated carbocycles. The van der Waals surface area contributed by atoms with Crippen LogP contribution in [0.2, 0.25) is 0 Å². The van der Waals surface area contributed by atoms with Gasteiger partial charge in [-0.15, -0.1) is 0 Å². The van der Waals surface area contributed by atoms with Crippen molar-refractivity contribution in [3.05, 3.63) is 28.3 Å². The van der Waals surface area contributed by atoms with E-state index in [-0.39, 0.29) is 5.82 Å². The van der Waals surface area contributed by atoms with Gasteiger partial charge < -0.3 is 4.42 Å². The quantitative estimate of drug-likeness (QED) is 0.695. The Morgan fingerprint density at radius 3 is 3.00 bits per heavy atom. The first-order chi connectivity index (χ1) is 5.68. The van der Waals surface area contributed by atoms with Crippen LogP contribution in [0.15, 0.2) is 21.0 Å². The van der Waals surface area contributed by atoms with E-state index < -0.39 is 0 Å². The summed E-state index contributed by atoms with van der Waals surface area (Å²) in [5.41, 5.74) is 1.13. The highest BCUT2D eigenvalue weighted by Gasteiger charge is 2.09. The summed E-state index contributed by atoms with van der Waals surface area (Å²) in [6.07, 6.45) is 0. The number of aryl methyl sites for hydroxylation is 1. The van der Waals surface area contributed by atoms with E-state index >= 15 is 0 Å². The number of hydrogen-bond donors (Lipinski definition) is 0. The van der Waals surface area contributed by atoms with Crippen molar-refractivity contribution in [3.8, 4) is 0 Å². The van der Waals surface area contributed by atoms with E-state index in [0.29, 0.717) is 21.5 Å². The van der Waals surface area contributed by atoms with Gasteiger partial charge in [-0.25, -0.2) is 9.37 Å². The molecular weight excluding hydrogens is 225 g/mol. The van der Waals surface area contributed by atoms with Crippen LogP contribution < -0.4 is 0 Å². The zero-order chi connectivity index (χ0) is 8.72. The molecule has 0 fully saturated rings. The maximum atomic E-state index is 12.9. The van der Waals surface area contributed by atoms with Gasteiger partial charge in [0, 0.05) is 6.92 Å². The highest BCUT2D eigenvalue weighted by molar-refractivity contribution is 9.10. The number of oxazole rings is 1. The fraction of sp³-hybridized carbons (Fsp3) is 0.125. The Balaban J connectivity index is 2.89. The molecule has 1 heterocycles. The van der Waals surface area contributed by atoms with Crippen molar-refractivity contribution < 1.29 is 8.81 Å². The lowest BCUT2D eigenvalue weighted by atomic mass is 10.3. The van der Waals surface area contributed by atoms with Crippen molar-refractivity contribution >= 4 is 27.0 Å². The molecule has 1 aromatic heterocycles. The fourth-order valence-electron chi connectivity index (χ4n) is 1.05. The van der Waals surface area contributed by atoms with Crippen LogP contribution in [-0.2, 0) is 0 Å². The lowest BCUT2D eigenvalue weighted by molar-refractivity contribution is 0.553. The molecule has 0 atom stereocenters. The molecule has 0 aliphatic heterocycles. The Morgan fingerprint density at radius 1 is 1.50 bits per heavy atom. The van der Waals surface area contributed by atoms with Crippen LogP contribution >= 0.6 is 15.9 Å². The summed E-state index contributed by atoms with van der Waals surface area (Å²) in [5, 5.41) is 0. The molecule has 0 aliphatic rings. The second-order valence-electron chi connectivity index (χ2n) is 2.44. The maximum Gasteiger partial charge on any atom is 0.192 e. The van der Waals surface area contributed by atoms with E-state index in [2.05, 4.69) is 20.9 Å². The van der Waals surface area contributed by atoms with E-state index in [1.165, 1.54) is 6.07 Å². The van der Waals surface area contributed by atoms with Gasteiger partial charge in [0.1, 0.15) is 11.3 Å². The van der Waals surface area contributed by atoms with E-state index in [1.807, 2.05) is 0 Å². The van der Waals surface area contributed by atoms with Gasteiger partial charge in [0.2, 0.25) is 0 Å². The van der Waals surface area contributed by atoms with Crippen LogP contribution in [0.3, 0.4) is 0 Å². The number of benzene rings is 1. The van der Waals surface area contributed by atoms with Gasteiger partial charge >= 0.3 is 0 Å². The predicted octanol–water partition coefficient (Wildman–Crippen LogP) is 3.04. The molecule has 2 rings (SSSR count). The minimum absolute atomic E-state index is 0.334. The summed E-state index contributed by atoms with van der Waals surface area (Å²) in [6, 6.07) is 2.94. The van der Waals surface area contributed by atoms with Crippen molar-refractivity contribution in [3.63, 3.8) is 0 Å². The number of fused-ring (bicyclic) bond motifs is 1. The number of rotatable bonds is 0. The first-order valence-corrected chi connectivity index (χ1v) is 4.19. The molecule has 0 bridgehead atoms. The Hall–Kier alpha value is -0.900. The first kappa shape index (κ1) is 7.73. The minimum Gasteiger partial charge on any atom is -0.440 e. The molecule has 1 aromatic carbocycles. The standard InChI is InChI=1S/C8H5BrFNO/c1-4-11-6-3-2-5(10)7(9)8(6)12-4/h2-3H,1H3. The molecular formula is C8H5BrFNO. The molecule has 2 nitrogen and oxygen atoms in total. The van der Waals surface area contributed by atoms with Gasteiger partial charge in [0.15, 0.2) is 11.5 Å². The summed E-state index contributed by atoms with van der Waals surface area (Å²) in [7, 11) is 0. The van der Waals surface area contributed by atoms with Crippen LogP contribution in [-0.4, -0.2) is 4.98 Å². The van der Waals surface area contributed by atoms with Crippen LogP contribution in [0.25, 0.3) is 11.1 Å². The number of hydrogen-bond acceptors (Lipinski definition) is 2. The van der Waals surface area contributed by atoms with Gasteiger partial charge in [-0.05, 0) is 28.1 Å². The van der Waals surface area contributed by atoms with Gasteiger partial charge in [0.05, 0.1) is 4.47 Å². The van der Waals surface area contributed by atoms with Crippen molar-refractivity contribution in [2.75, 3.05) is 0 Å². The average molecular weight is 230 g/mol. The zero-order valence-corrected chi connectivity index (χ0v) is 7.85. The minimum atomic E-state index is -0.335. The van der Waals surface area contributed by atoms with Crippen molar-refractivity contribution in [2.45, 2.75) is 6.92 Å². The molecule has 0 spiro atoms. The lowest BCUT2D eigenvalue weighted by Gasteiger charge is -1.91. The monoisotopic (exact) mass is 229 g/mol. The molecule has 12 heavy (non-hydrogen) atoms. The van der Waals surface area contributed by atoms with E-state index in [1.54, 1.807) is 13.0 Å². The SMILES string of the molecule is Cc1nc2ccc(F)c(Br)c2o1. The Morgan fingerprint density at radius 2 is 2.25 bits per heavy atom. The second-order valence-corrected chi connectivity index (χ2v) is 3.24. The third kappa shape index (κ3) is 1.03. The third-order valence-corrected chi connectivity index (χ3v) is 2.30. The lowest BCUT2D eigenvalue weighted by Crippen LogP contribution is -1.76. The number of aromatic nitrogens is 1. The van der Waals surface area contributed by atoms with Crippen molar-refractivity contribution in [2.24, 2.45) is 0 Å². The van der Waals surface area contributed by atoms with Gasteiger partial charge in [0.25, 0.3) is 0 Å². The molecule has 4 heteroatoms. The number of halogens is 2. The highest BCUT2D eigenvalue weighted by atomic mass is 79.9. The Bertz CT molecular complexity index is 438. The normalized spacial score (nSPS) is 10.9. The summed E-state index contributed by atoms with van der Waals surface area (Å²) < 4.78 is 18.4. The van der Waals surface area contributed by atoms with E-state index in [0.717, 1.165) is 0 Å². The van der Waals surface area contributed by atoms with Crippen molar-refractivity contribution in [1.29, 1.82) is 0 Å². The topological polar surface area (TPSA) is 26.0 Å². The van der Waals surface area contributed by atoms with Crippen LogP contribution in [0.1, 0.15) is 5.89 Å². The second kappa shape index (κ2) is 2.55. The fourth-order valence-corrected chi connectivity index (χ4v) is 1.46. The summed E-state index contributed by atoms with van der Waals surface area (Å²) in [4.78, 5) is 4.05. The Labute approximate surface area is 76.5 Å². The predicted molar refractivity (Wildman–Crippen MR) is 46.4 cm³/mol. The van der Waals surface area contributed by atoms with Gasteiger partial charge in [-0.3, -0.25) is 0 Å². The molecule has 0 amide bonds. The summed E-state index contributed by atoms with van der Waals surface area (Å²) in [6.45, 7) is 1.73. The smallest absolute Gasteiger partial charge is 0.192 e. The van der Waals surface area contributed by atoms with E-state index in [9.17, 15) is 4.39 Å². The largest absolute Gasteiger partial charge is 0.440 e. The molecule has 62 valence electrons. The summed E-state index contributed by atoms with van der Waals surface area (Å²) in [5.74, 6) is 0.204. The summed E-state index contributed by atoms with van der Waals surface area (Å²) >= 11 is 3.09. The van der Waals surface area contributed by atoms with Crippen LogP contribution in [0.5, 0.6) is 0 Å². The van der Waals surface area contributed by atoms with Crippen LogP contribution in [0, 0.1) is 12.7 Å². The van der Waals surface area contributed by atoms with E-state index in [4.69, 9.17) is 4.42 Å². The number of nitrogens with zero attached hydrogens (tertiary/aromatic N) is 1. The van der Waals surface area contributed by atoms with Crippen LogP contribution in [0.4, 0.5) is 4.39 Å². The molecule has 0 radical (unpaired) electrons. The third-order valence-electron chi connectivity index (χ3n) is 1.56. The molecule has 0 unspecified atom stereocenters. The Kier molecular flexibility index (Phi) is 1.65. The van der Waals surface area contributed by atoms with Gasteiger partial charge in [-0.1, -0.05) is 0 Å². The molecule has 0 N–H and O–H groups in total. The first-order valence-electron chi connectivity index (χ1n) is 3.39. The molecule has 0 aliphatic carbocycles. The van der Waals surface area contributed by atoms with Gasteiger partial charge in [-0.2, -0.15) is 0 Å².